The lowest BCUT2D eigenvalue weighted by molar-refractivity contribution is 0.558. The molecule has 1 aromatic heterocycles. The van der Waals surface area contributed by atoms with E-state index in [1.807, 2.05) is 6.07 Å². The topological polar surface area (TPSA) is 38.9 Å². The molecule has 0 aliphatic heterocycles. The molecular weight excluding hydrogens is 231 g/mol. The molecular formula is C11H14Cl2N2. The van der Waals surface area contributed by atoms with Crippen LogP contribution in [0.5, 0.6) is 0 Å². The average Bonchev–Trinajstić information content (AvgIpc) is 2.73. The Kier molecular flexibility index (Phi) is 2.70. The molecule has 1 saturated carbocycles. The zero-order valence-corrected chi connectivity index (χ0v) is 10.3. The Balaban J connectivity index is 2.29. The van der Waals surface area contributed by atoms with E-state index in [-0.39, 0.29) is 5.41 Å². The molecule has 1 aliphatic carbocycles. The fraction of sp³-hybridized carbons (Fsp3) is 0.545. The maximum atomic E-state index is 5.94. The van der Waals surface area contributed by atoms with Gasteiger partial charge in [-0.15, -0.1) is 0 Å². The molecule has 0 amide bonds. The van der Waals surface area contributed by atoms with Crippen LogP contribution in [0.25, 0.3) is 0 Å². The maximum Gasteiger partial charge on any atom is 0.147 e. The Labute approximate surface area is 99.8 Å². The summed E-state index contributed by atoms with van der Waals surface area (Å²) in [5.74, 6) is 0.987. The van der Waals surface area contributed by atoms with E-state index < -0.39 is 0 Å². The SMILES string of the molecule is CC1(C)[C@H](CN)[C@H]1c1cnc(Cl)c(Cl)c1. The van der Waals surface area contributed by atoms with Crippen LogP contribution in [-0.2, 0) is 0 Å². The average molecular weight is 245 g/mol. The first-order valence-electron chi connectivity index (χ1n) is 4.99. The molecule has 2 rings (SSSR count). The van der Waals surface area contributed by atoms with Gasteiger partial charge in [0.25, 0.3) is 0 Å². The second kappa shape index (κ2) is 3.62. The fourth-order valence-corrected chi connectivity index (χ4v) is 2.73. The quantitative estimate of drug-likeness (QED) is 0.813. The van der Waals surface area contributed by atoms with Crippen molar-refractivity contribution in [1.82, 2.24) is 4.98 Å². The Hall–Kier alpha value is -0.310. The van der Waals surface area contributed by atoms with Crippen LogP contribution in [0, 0.1) is 11.3 Å². The minimum Gasteiger partial charge on any atom is -0.330 e. The van der Waals surface area contributed by atoms with Gasteiger partial charge in [-0.25, -0.2) is 4.98 Å². The van der Waals surface area contributed by atoms with E-state index in [9.17, 15) is 0 Å². The van der Waals surface area contributed by atoms with Crippen molar-refractivity contribution in [3.8, 4) is 0 Å². The lowest BCUT2D eigenvalue weighted by Gasteiger charge is -2.03. The van der Waals surface area contributed by atoms with E-state index in [1.54, 1.807) is 6.20 Å². The van der Waals surface area contributed by atoms with E-state index in [4.69, 9.17) is 28.9 Å². The van der Waals surface area contributed by atoms with Gasteiger partial charge in [-0.1, -0.05) is 37.0 Å². The summed E-state index contributed by atoms with van der Waals surface area (Å²) in [6.07, 6.45) is 1.80. The second-order valence-electron chi connectivity index (χ2n) is 4.68. The minimum atomic E-state index is 0.258. The summed E-state index contributed by atoms with van der Waals surface area (Å²) in [5.41, 5.74) is 7.13. The van der Waals surface area contributed by atoms with Gasteiger partial charge in [0.1, 0.15) is 5.15 Å². The molecule has 0 unspecified atom stereocenters. The normalized spacial score (nSPS) is 27.8. The minimum absolute atomic E-state index is 0.258. The summed E-state index contributed by atoms with van der Waals surface area (Å²) in [6, 6.07) is 1.90. The maximum absolute atomic E-state index is 5.94. The van der Waals surface area contributed by atoms with E-state index in [2.05, 4.69) is 18.8 Å². The van der Waals surface area contributed by atoms with Gasteiger partial charge in [0.05, 0.1) is 5.02 Å². The summed E-state index contributed by atoms with van der Waals surface area (Å²) >= 11 is 11.7. The van der Waals surface area contributed by atoms with E-state index in [0.717, 1.165) is 5.56 Å². The van der Waals surface area contributed by atoms with Crippen molar-refractivity contribution < 1.29 is 0 Å². The molecule has 2 atom stereocenters. The highest BCUT2D eigenvalue weighted by molar-refractivity contribution is 6.41. The highest BCUT2D eigenvalue weighted by atomic mass is 35.5. The van der Waals surface area contributed by atoms with Crippen LogP contribution in [-0.4, -0.2) is 11.5 Å². The van der Waals surface area contributed by atoms with Crippen LogP contribution < -0.4 is 5.73 Å². The first-order valence-corrected chi connectivity index (χ1v) is 5.75. The standard InChI is InChI=1S/C11H14Cl2N2/c1-11(2)7(4-14)9(11)6-3-8(12)10(13)15-5-6/h3,5,7,9H,4,14H2,1-2H3/t7-,9-/m1/s1. The summed E-state index contributed by atoms with van der Waals surface area (Å²) in [4.78, 5) is 4.07. The first-order chi connectivity index (χ1) is 6.98. The van der Waals surface area contributed by atoms with Crippen LogP contribution in [0.3, 0.4) is 0 Å². The highest BCUT2D eigenvalue weighted by Gasteiger charge is 2.57. The molecule has 82 valence electrons. The predicted molar refractivity (Wildman–Crippen MR) is 63.3 cm³/mol. The third-order valence-corrected chi connectivity index (χ3v) is 4.17. The van der Waals surface area contributed by atoms with E-state index >= 15 is 0 Å². The highest BCUT2D eigenvalue weighted by Crippen LogP contribution is 2.63. The number of rotatable bonds is 2. The predicted octanol–water partition coefficient (Wildman–Crippen LogP) is 3.09. The summed E-state index contributed by atoms with van der Waals surface area (Å²) in [6.45, 7) is 5.15. The lowest BCUT2D eigenvalue weighted by Crippen LogP contribution is -2.05. The van der Waals surface area contributed by atoms with Gasteiger partial charge in [-0.2, -0.15) is 0 Å². The van der Waals surface area contributed by atoms with Crippen LogP contribution in [0.15, 0.2) is 12.3 Å². The van der Waals surface area contributed by atoms with E-state index in [1.165, 1.54) is 0 Å². The van der Waals surface area contributed by atoms with Crippen molar-refractivity contribution in [1.29, 1.82) is 0 Å². The summed E-state index contributed by atoms with van der Waals surface area (Å²) in [5, 5.41) is 0.885. The Bertz CT molecular complexity index is 390. The molecule has 1 aliphatic rings. The van der Waals surface area contributed by atoms with Crippen molar-refractivity contribution in [2.24, 2.45) is 17.1 Å². The number of nitrogens with zero attached hydrogens (tertiary/aromatic N) is 1. The zero-order valence-electron chi connectivity index (χ0n) is 8.80. The number of halogens is 2. The van der Waals surface area contributed by atoms with Gasteiger partial charge in [-0.05, 0) is 35.4 Å². The Morgan fingerprint density at radius 3 is 2.60 bits per heavy atom. The van der Waals surface area contributed by atoms with Gasteiger partial charge >= 0.3 is 0 Å². The van der Waals surface area contributed by atoms with Crippen molar-refractivity contribution in [2.75, 3.05) is 6.54 Å². The lowest BCUT2D eigenvalue weighted by atomic mass is 10.1. The third kappa shape index (κ3) is 1.75. The molecule has 0 saturated heterocycles. The van der Waals surface area contributed by atoms with Crippen molar-refractivity contribution in [2.45, 2.75) is 19.8 Å². The number of hydrogen-bond donors (Lipinski definition) is 1. The molecule has 0 aromatic carbocycles. The number of pyridine rings is 1. The molecule has 2 nitrogen and oxygen atoms in total. The van der Waals surface area contributed by atoms with Gasteiger partial charge < -0.3 is 5.73 Å². The molecule has 0 radical (unpaired) electrons. The van der Waals surface area contributed by atoms with Gasteiger partial charge in [0, 0.05) is 6.20 Å². The second-order valence-corrected chi connectivity index (χ2v) is 5.45. The molecule has 4 heteroatoms. The number of hydrogen-bond acceptors (Lipinski definition) is 2. The molecule has 2 N–H and O–H groups in total. The zero-order chi connectivity index (χ0) is 11.2. The van der Waals surface area contributed by atoms with Crippen molar-refractivity contribution in [3.05, 3.63) is 28.0 Å². The van der Waals surface area contributed by atoms with Gasteiger partial charge in [-0.3, -0.25) is 0 Å². The van der Waals surface area contributed by atoms with Crippen LogP contribution in [0.2, 0.25) is 10.2 Å². The van der Waals surface area contributed by atoms with Gasteiger partial charge in [0.15, 0.2) is 0 Å². The molecule has 1 fully saturated rings. The number of aromatic nitrogens is 1. The largest absolute Gasteiger partial charge is 0.330 e. The molecule has 1 heterocycles. The molecule has 0 bridgehead atoms. The van der Waals surface area contributed by atoms with E-state index in [0.29, 0.717) is 28.6 Å². The smallest absolute Gasteiger partial charge is 0.147 e. The Morgan fingerprint density at radius 1 is 1.47 bits per heavy atom. The molecule has 0 spiro atoms. The van der Waals surface area contributed by atoms with Crippen molar-refractivity contribution in [3.63, 3.8) is 0 Å². The first kappa shape index (κ1) is 11.2. The van der Waals surface area contributed by atoms with Crippen LogP contribution in [0.1, 0.15) is 25.3 Å². The van der Waals surface area contributed by atoms with Crippen molar-refractivity contribution >= 4 is 23.2 Å². The number of nitrogens with two attached hydrogens (primary N) is 1. The third-order valence-electron chi connectivity index (χ3n) is 3.48. The fourth-order valence-electron chi connectivity index (χ4n) is 2.45. The Morgan fingerprint density at radius 2 is 2.13 bits per heavy atom. The molecule has 15 heavy (non-hydrogen) atoms. The monoisotopic (exact) mass is 244 g/mol. The van der Waals surface area contributed by atoms with Crippen LogP contribution >= 0.6 is 23.2 Å². The summed E-state index contributed by atoms with van der Waals surface area (Å²) < 4.78 is 0. The van der Waals surface area contributed by atoms with Crippen LogP contribution in [0.4, 0.5) is 0 Å². The van der Waals surface area contributed by atoms with Gasteiger partial charge in [0.2, 0.25) is 0 Å². The summed E-state index contributed by atoms with van der Waals surface area (Å²) in [7, 11) is 0. The molecule has 1 aromatic rings.